The van der Waals surface area contributed by atoms with Crippen LogP contribution in [0.5, 0.6) is 5.75 Å². The Morgan fingerprint density at radius 3 is 2.09 bits per heavy atom. The van der Waals surface area contributed by atoms with Gasteiger partial charge in [-0.2, -0.15) is 0 Å². The molecule has 2 aromatic carbocycles. The van der Waals surface area contributed by atoms with Crippen LogP contribution in [0.4, 0.5) is 16.2 Å². The predicted molar refractivity (Wildman–Crippen MR) is 88.7 cm³/mol. The van der Waals surface area contributed by atoms with E-state index in [9.17, 15) is 9.90 Å². The van der Waals surface area contributed by atoms with E-state index in [1.807, 2.05) is 24.3 Å². The Kier molecular flexibility index (Phi) is 6.40. The number of nitrogens with one attached hydrogen (secondary N) is 2. The molecule has 0 aliphatic heterocycles. The second kappa shape index (κ2) is 8.77. The zero-order valence-electron chi connectivity index (χ0n) is 12.9. The molecule has 0 saturated carbocycles. The van der Waals surface area contributed by atoms with Gasteiger partial charge < -0.3 is 25.2 Å². The van der Waals surface area contributed by atoms with Gasteiger partial charge in [-0.15, -0.1) is 0 Å². The SMILES string of the molecule is COCCOCc1ccc(NC(=O)Nc2ccc(O)cc2)cc1. The molecule has 6 nitrogen and oxygen atoms in total. The zero-order valence-corrected chi connectivity index (χ0v) is 12.9. The molecule has 0 saturated heterocycles. The minimum atomic E-state index is -0.347. The molecule has 23 heavy (non-hydrogen) atoms. The number of phenols is 1. The van der Waals surface area contributed by atoms with Crippen LogP contribution < -0.4 is 10.6 Å². The van der Waals surface area contributed by atoms with E-state index in [0.29, 0.717) is 31.2 Å². The van der Waals surface area contributed by atoms with Gasteiger partial charge in [-0.25, -0.2) is 4.79 Å². The molecule has 2 rings (SSSR count). The summed E-state index contributed by atoms with van der Waals surface area (Å²) >= 11 is 0. The van der Waals surface area contributed by atoms with E-state index in [-0.39, 0.29) is 11.8 Å². The second-order valence-corrected chi connectivity index (χ2v) is 4.87. The molecule has 0 aliphatic carbocycles. The predicted octanol–water partition coefficient (Wildman–Crippen LogP) is 3.20. The summed E-state index contributed by atoms with van der Waals surface area (Å²) in [6.07, 6.45) is 0. The Morgan fingerprint density at radius 2 is 1.52 bits per heavy atom. The molecular formula is C17H20N2O4. The number of carbonyl (C=O) groups is 1. The maximum absolute atomic E-state index is 11.9. The molecule has 122 valence electrons. The lowest BCUT2D eigenvalue weighted by Gasteiger charge is -2.09. The molecule has 2 amide bonds. The van der Waals surface area contributed by atoms with E-state index >= 15 is 0 Å². The van der Waals surface area contributed by atoms with Crippen LogP contribution in [-0.2, 0) is 16.1 Å². The topological polar surface area (TPSA) is 79.8 Å². The van der Waals surface area contributed by atoms with Gasteiger partial charge in [0.2, 0.25) is 0 Å². The van der Waals surface area contributed by atoms with Gasteiger partial charge in [-0.05, 0) is 42.0 Å². The summed E-state index contributed by atoms with van der Waals surface area (Å²) in [5.41, 5.74) is 2.30. The standard InChI is InChI=1S/C17H20N2O4/c1-22-10-11-23-12-13-2-4-14(5-3-13)18-17(21)19-15-6-8-16(20)9-7-15/h2-9,20H,10-12H2,1H3,(H2,18,19,21). The smallest absolute Gasteiger partial charge is 0.323 e. The number of hydrogen-bond donors (Lipinski definition) is 3. The number of ether oxygens (including phenoxy) is 2. The first-order valence-electron chi connectivity index (χ1n) is 7.20. The number of methoxy groups -OCH3 is 1. The summed E-state index contributed by atoms with van der Waals surface area (Å²) in [7, 11) is 1.63. The number of rotatable bonds is 7. The summed E-state index contributed by atoms with van der Waals surface area (Å²) in [6.45, 7) is 1.62. The van der Waals surface area contributed by atoms with Crippen LogP contribution in [0.2, 0.25) is 0 Å². The van der Waals surface area contributed by atoms with Gasteiger partial charge in [0.05, 0.1) is 19.8 Å². The number of anilines is 2. The molecule has 2 aromatic rings. The monoisotopic (exact) mass is 316 g/mol. The quantitative estimate of drug-likeness (QED) is 0.541. The number of hydrogen-bond acceptors (Lipinski definition) is 4. The third-order valence-corrected chi connectivity index (χ3v) is 3.04. The maximum Gasteiger partial charge on any atom is 0.323 e. The highest BCUT2D eigenvalue weighted by atomic mass is 16.5. The van der Waals surface area contributed by atoms with Crippen molar-refractivity contribution in [2.24, 2.45) is 0 Å². The average molecular weight is 316 g/mol. The Morgan fingerprint density at radius 1 is 0.957 bits per heavy atom. The van der Waals surface area contributed by atoms with E-state index in [0.717, 1.165) is 5.56 Å². The maximum atomic E-state index is 11.9. The fourth-order valence-corrected chi connectivity index (χ4v) is 1.85. The zero-order chi connectivity index (χ0) is 16.5. The van der Waals surface area contributed by atoms with Crippen molar-refractivity contribution in [1.82, 2.24) is 0 Å². The lowest BCUT2D eigenvalue weighted by atomic mass is 10.2. The van der Waals surface area contributed by atoms with Crippen molar-refractivity contribution >= 4 is 17.4 Å². The molecule has 0 unspecified atom stereocenters. The van der Waals surface area contributed by atoms with Crippen LogP contribution in [0.3, 0.4) is 0 Å². The first-order chi connectivity index (χ1) is 11.2. The minimum absolute atomic E-state index is 0.152. The average Bonchev–Trinajstić information content (AvgIpc) is 2.55. The van der Waals surface area contributed by atoms with Gasteiger partial charge in [0.25, 0.3) is 0 Å². The Labute approximate surface area is 135 Å². The molecule has 0 atom stereocenters. The summed E-state index contributed by atoms with van der Waals surface area (Å²) in [4.78, 5) is 11.9. The van der Waals surface area contributed by atoms with Crippen LogP contribution in [0.25, 0.3) is 0 Å². The fourth-order valence-electron chi connectivity index (χ4n) is 1.85. The van der Waals surface area contributed by atoms with Crippen molar-refractivity contribution in [1.29, 1.82) is 0 Å². The minimum Gasteiger partial charge on any atom is -0.508 e. The van der Waals surface area contributed by atoms with Crippen molar-refractivity contribution in [3.8, 4) is 5.75 Å². The van der Waals surface area contributed by atoms with E-state index in [1.165, 1.54) is 12.1 Å². The van der Waals surface area contributed by atoms with Crippen molar-refractivity contribution in [2.45, 2.75) is 6.61 Å². The van der Waals surface area contributed by atoms with Gasteiger partial charge in [0.1, 0.15) is 5.75 Å². The molecule has 0 fully saturated rings. The molecule has 6 heteroatoms. The number of benzene rings is 2. The van der Waals surface area contributed by atoms with E-state index in [2.05, 4.69) is 10.6 Å². The first-order valence-corrected chi connectivity index (χ1v) is 7.20. The molecule has 0 aliphatic rings. The van der Waals surface area contributed by atoms with Crippen LogP contribution in [0, 0.1) is 0 Å². The highest BCUT2D eigenvalue weighted by Crippen LogP contribution is 2.15. The van der Waals surface area contributed by atoms with E-state index in [1.54, 1.807) is 19.2 Å². The van der Waals surface area contributed by atoms with E-state index < -0.39 is 0 Å². The molecule has 0 bridgehead atoms. The first kappa shape index (κ1) is 16.8. The Balaban J connectivity index is 1.80. The summed E-state index contributed by atoms with van der Waals surface area (Å²) in [5.74, 6) is 0.152. The Bertz CT molecular complexity index is 611. The van der Waals surface area contributed by atoms with Gasteiger partial charge in [0.15, 0.2) is 0 Å². The van der Waals surface area contributed by atoms with E-state index in [4.69, 9.17) is 9.47 Å². The number of phenolic OH excluding ortho intramolecular Hbond substituents is 1. The summed E-state index contributed by atoms with van der Waals surface area (Å²) < 4.78 is 10.3. The third kappa shape index (κ3) is 5.98. The Hall–Kier alpha value is -2.57. The molecular weight excluding hydrogens is 296 g/mol. The number of carbonyl (C=O) groups excluding carboxylic acids is 1. The molecule has 3 N–H and O–H groups in total. The molecule has 0 spiro atoms. The van der Waals surface area contributed by atoms with Crippen LogP contribution in [0.1, 0.15) is 5.56 Å². The van der Waals surface area contributed by atoms with Gasteiger partial charge >= 0.3 is 6.03 Å². The third-order valence-electron chi connectivity index (χ3n) is 3.04. The lowest BCUT2D eigenvalue weighted by Crippen LogP contribution is -2.19. The van der Waals surface area contributed by atoms with Gasteiger partial charge in [-0.3, -0.25) is 0 Å². The van der Waals surface area contributed by atoms with Crippen LogP contribution in [0.15, 0.2) is 48.5 Å². The number of urea groups is 1. The lowest BCUT2D eigenvalue weighted by molar-refractivity contribution is 0.0617. The summed E-state index contributed by atoms with van der Waals surface area (Å²) in [6, 6.07) is 13.3. The number of aromatic hydroxyl groups is 1. The van der Waals surface area contributed by atoms with Crippen molar-refractivity contribution in [3.63, 3.8) is 0 Å². The van der Waals surface area contributed by atoms with Crippen molar-refractivity contribution < 1.29 is 19.4 Å². The van der Waals surface area contributed by atoms with Gasteiger partial charge in [-0.1, -0.05) is 12.1 Å². The van der Waals surface area contributed by atoms with Crippen molar-refractivity contribution in [3.05, 3.63) is 54.1 Å². The largest absolute Gasteiger partial charge is 0.508 e. The summed E-state index contributed by atoms with van der Waals surface area (Å²) in [5, 5.41) is 14.6. The van der Waals surface area contributed by atoms with Crippen molar-refractivity contribution in [2.75, 3.05) is 31.0 Å². The molecule has 0 radical (unpaired) electrons. The highest BCUT2D eigenvalue weighted by Gasteiger charge is 2.03. The van der Waals surface area contributed by atoms with Crippen LogP contribution >= 0.6 is 0 Å². The normalized spacial score (nSPS) is 10.3. The second-order valence-electron chi connectivity index (χ2n) is 4.87. The van der Waals surface area contributed by atoms with Gasteiger partial charge in [0, 0.05) is 18.5 Å². The highest BCUT2D eigenvalue weighted by molar-refractivity contribution is 5.99. The molecule has 0 aromatic heterocycles. The molecule has 0 heterocycles. The fraction of sp³-hybridized carbons (Fsp3) is 0.235. The number of amides is 2. The van der Waals surface area contributed by atoms with Crippen LogP contribution in [-0.4, -0.2) is 31.5 Å².